The number of nitrogens with one attached hydrogen (secondary N) is 2. The van der Waals surface area contributed by atoms with Crippen LogP contribution >= 0.6 is 0 Å². The number of aromatic amines is 1. The van der Waals surface area contributed by atoms with E-state index in [4.69, 9.17) is 0 Å². The zero-order valence-electron chi connectivity index (χ0n) is 21.5. The van der Waals surface area contributed by atoms with Crippen LogP contribution in [0.5, 0.6) is 0 Å². The molecule has 0 unspecified atom stereocenters. The lowest BCUT2D eigenvalue weighted by Gasteiger charge is -2.23. The first kappa shape index (κ1) is 24.5. The summed E-state index contributed by atoms with van der Waals surface area (Å²) in [5, 5.41) is 13.9. The van der Waals surface area contributed by atoms with Gasteiger partial charge in [0.05, 0.1) is 18.0 Å². The van der Waals surface area contributed by atoms with Gasteiger partial charge in [-0.05, 0) is 69.4 Å². The Hall–Kier alpha value is -4.14. The van der Waals surface area contributed by atoms with E-state index in [1.807, 2.05) is 49.4 Å². The quantitative estimate of drug-likeness (QED) is 0.335. The maximum atomic E-state index is 13.8. The largest absolute Gasteiger partial charge is 0.481 e. The molecular weight excluding hydrogens is 470 g/mol. The van der Waals surface area contributed by atoms with E-state index in [9.17, 15) is 19.5 Å². The van der Waals surface area contributed by atoms with Gasteiger partial charge in [0.15, 0.2) is 0 Å². The number of carboxylic acids is 1. The molecule has 2 heterocycles. The second kappa shape index (κ2) is 9.06. The fourth-order valence-corrected chi connectivity index (χ4v) is 5.14. The number of anilines is 2. The number of nitrogens with zero attached hydrogens (tertiary/aromatic N) is 3. The van der Waals surface area contributed by atoms with E-state index in [0.29, 0.717) is 18.5 Å². The summed E-state index contributed by atoms with van der Waals surface area (Å²) in [6.07, 6.45) is 1.77. The summed E-state index contributed by atoms with van der Waals surface area (Å²) in [6.45, 7) is 7.86. The number of aliphatic carboxylic acids is 1. The Bertz CT molecular complexity index is 1620. The predicted octanol–water partition coefficient (Wildman–Crippen LogP) is 4.07. The summed E-state index contributed by atoms with van der Waals surface area (Å²) in [5.74, 6) is -1.82. The molecule has 0 spiro atoms. The molecule has 0 bridgehead atoms. The van der Waals surface area contributed by atoms with Crippen LogP contribution in [0, 0.1) is 19.8 Å². The molecule has 0 amide bonds. The van der Waals surface area contributed by atoms with Gasteiger partial charge in [-0.15, -0.1) is 0 Å². The molecule has 9 heteroatoms. The van der Waals surface area contributed by atoms with Crippen molar-refractivity contribution in [1.82, 2.24) is 19.1 Å². The van der Waals surface area contributed by atoms with Gasteiger partial charge in [0, 0.05) is 22.3 Å². The molecule has 9 nitrogen and oxygen atoms in total. The molecule has 3 N–H and O–H groups in total. The van der Waals surface area contributed by atoms with Crippen LogP contribution in [0.2, 0.25) is 0 Å². The van der Waals surface area contributed by atoms with Crippen LogP contribution in [-0.4, -0.2) is 30.2 Å². The number of aryl methyl sites for hydroxylation is 3. The first-order valence-electron chi connectivity index (χ1n) is 12.6. The second-order valence-corrected chi connectivity index (χ2v) is 10.0. The molecule has 0 aliphatic heterocycles. The Labute approximate surface area is 213 Å². The number of hydrogen-bond donors (Lipinski definition) is 3. The van der Waals surface area contributed by atoms with E-state index in [1.54, 1.807) is 0 Å². The molecule has 1 aliphatic carbocycles. The van der Waals surface area contributed by atoms with Crippen LogP contribution in [-0.2, 0) is 23.3 Å². The summed E-state index contributed by atoms with van der Waals surface area (Å²) in [6, 6.07) is 13.6. The van der Waals surface area contributed by atoms with Crippen LogP contribution < -0.4 is 16.7 Å². The van der Waals surface area contributed by atoms with Crippen molar-refractivity contribution in [2.45, 2.75) is 59.0 Å². The van der Waals surface area contributed by atoms with Crippen molar-refractivity contribution < 1.29 is 9.90 Å². The Morgan fingerprint density at radius 1 is 1.16 bits per heavy atom. The van der Waals surface area contributed by atoms with Crippen molar-refractivity contribution in [3.63, 3.8) is 0 Å². The Kier molecular flexibility index (Phi) is 6.01. The molecule has 4 aromatic rings. The fourth-order valence-electron chi connectivity index (χ4n) is 5.14. The van der Waals surface area contributed by atoms with Gasteiger partial charge in [-0.25, -0.2) is 14.2 Å². The topological polar surface area (TPSA) is 122 Å². The fraction of sp³-hybridized carbons (Fsp3) is 0.357. The Balaban J connectivity index is 1.63. The van der Waals surface area contributed by atoms with Crippen molar-refractivity contribution in [2.75, 3.05) is 5.32 Å². The van der Waals surface area contributed by atoms with Gasteiger partial charge < -0.3 is 15.4 Å². The molecule has 0 radical (unpaired) electrons. The normalized spacial score (nSPS) is 15.0. The molecule has 2 aromatic carbocycles. The van der Waals surface area contributed by atoms with E-state index >= 15 is 0 Å². The lowest BCUT2D eigenvalue weighted by Crippen LogP contribution is -2.50. The smallest absolute Gasteiger partial charge is 0.355 e. The van der Waals surface area contributed by atoms with E-state index in [2.05, 4.69) is 29.1 Å². The van der Waals surface area contributed by atoms with Crippen LogP contribution in [0.25, 0.3) is 10.9 Å². The van der Waals surface area contributed by atoms with Gasteiger partial charge in [-0.1, -0.05) is 36.8 Å². The highest BCUT2D eigenvalue weighted by Gasteiger charge is 2.54. The zero-order valence-corrected chi connectivity index (χ0v) is 21.5. The van der Waals surface area contributed by atoms with Crippen molar-refractivity contribution in [3.8, 4) is 0 Å². The van der Waals surface area contributed by atoms with Crippen molar-refractivity contribution in [3.05, 3.63) is 85.8 Å². The molecule has 1 fully saturated rings. The molecule has 1 saturated carbocycles. The predicted molar refractivity (Wildman–Crippen MR) is 143 cm³/mol. The van der Waals surface area contributed by atoms with Crippen molar-refractivity contribution in [2.24, 2.45) is 5.92 Å². The molecule has 37 heavy (non-hydrogen) atoms. The Morgan fingerprint density at radius 2 is 1.86 bits per heavy atom. The monoisotopic (exact) mass is 501 g/mol. The summed E-state index contributed by atoms with van der Waals surface area (Å²) in [5.41, 5.74) is 3.60. The third-order valence-corrected chi connectivity index (χ3v) is 7.69. The van der Waals surface area contributed by atoms with Gasteiger partial charge in [0.2, 0.25) is 5.95 Å². The lowest BCUT2D eigenvalue weighted by molar-refractivity contribution is -0.143. The average Bonchev–Trinajstić information content (AvgIpc) is 3.60. The number of hydrogen-bond acceptors (Lipinski definition) is 5. The summed E-state index contributed by atoms with van der Waals surface area (Å²) < 4.78 is 2.48. The highest BCUT2D eigenvalue weighted by Crippen LogP contribution is 2.48. The lowest BCUT2D eigenvalue weighted by atomic mass is 9.99. The SMILES string of the molecule is CCc1[nH]c2ccc(Nc3nc(=O)n(C4([C@@H](C)C(=O)O)CC4)c(=O)n3Cc3ccc(C)cc3)cc2c1C. The molecule has 1 atom stereocenters. The molecule has 2 aromatic heterocycles. The molecular formula is C28H31N5O4. The number of rotatable bonds is 8. The summed E-state index contributed by atoms with van der Waals surface area (Å²) >= 11 is 0. The second-order valence-electron chi connectivity index (χ2n) is 10.0. The number of H-pyrrole nitrogens is 1. The highest BCUT2D eigenvalue weighted by molar-refractivity contribution is 5.88. The first-order valence-corrected chi connectivity index (χ1v) is 12.6. The van der Waals surface area contributed by atoms with Crippen LogP contribution in [0.15, 0.2) is 52.1 Å². The molecule has 0 saturated heterocycles. The Morgan fingerprint density at radius 3 is 2.49 bits per heavy atom. The van der Waals surface area contributed by atoms with E-state index in [1.165, 1.54) is 11.5 Å². The zero-order chi connectivity index (χ0) is 26.5. The van der Waals surface area contributed by atoms with E-state index < -0.39 is 28.8 Å². The van der Waals surface area contributed by atoms with Crippen LogP contribution in [0.4, 0.5) is 11.6 Å². The van der Waals surface area contributed by atoms with E-state index in [-0.39, 0.29) is 12.5 Å². The van der Waals surface area contributed by atoms with Gasteiger partial charge in [0.25, 0.3) is 0 Å². The van der Waals surface area contributed by atoms with Crippen molar-refractivity contribution >= 4 is 28.5 Å². The van der Waals surface area contributed by atoms with Gasteiger partial charge in [-0.3, -0.25) is 9.36 Å². The minimum Gasteiger partial charge on any atom is -0.481 e. The van der Waals surface area contributed by atoms with Crippen molar-refractivity contribution in [1.29, 1.82) is 0 Å². The summed E-state index contributed by atoms with van der Waals surface area (Å²) in [4.78, 5) is 46.6. The number of carboxylic acid groups (broad SMARTS) is 1. The minimum absolute atomic E-state index is 0.119. The van der Waals surface area contributed by atoms with Gasteiger partial charge in [0.1, 0.15) is 0 Å². The maximum absolute atomic E-state index is 13.8. The van der Waals surface area contributed by atoms with E-state index in [0.717, 1.165) is 44.3 Å². The molecule has 192 valence electrons. The van der Waals surface area contributed by atoms with Gasteiger partial charge >= 0.3 is 17.3 Å². The van der Waals surface area contributed by atoms with Crippen LogP contribution in [0.3, 0.4) is 0 Å². The minimum atomic E-state index is -1.06. The number of carbonyl (C=O) groups is 1. The standard InChI is InChI=1S/C28H31N5O4/c1-5-22-17(3)21-14-20(10-11-23(21)30-22)29-25-31-26(36)33(28(12-13-28)18(4)24(34)35)27(37)32(25)15-19-8-6-16(2)7-9-19/h6-11,14,18,30H,5,12-13,15H2,1-4H3,(H,34,35)(H,29,31,36)/t18-/m0/s1. The third kappa shape index (κ3) is 4.24. The van der Waals surface area contributed by atoms with Crippen LogP contribution in [0.1, 0.15) is 49.1 Å². The molecule has 5 rings (SSSR count). The first-order chi connectivity index (χ1) is 17.6. The number of benzene rings is 2. The number of fused-ring (bicyclic) bond motifs is 1. The number of aromatic nitrogens is 4. The third-order valence-electron chi connectivity index (χ3n) is 7.69. The summed E-state index contributed by atoms with van der Waals surface area (Å²) in [7, 11) is 0. The molecule has 1 aliphatic rings. The highest BCUT2D eigenvalue weighted by atomic mass is 16.4. The average molecular weight is 502 g/mol. The van der Waals surface area contributed by atoms with Gasteiger partial charge in [-0.2, -0.15) is 4.98 Å². The maximum Gasteiger partial charge on any atom is 0.355 e.